The van der Waals surface area contributed by atoms with E-state index in [2.05, 4.69) is 0 Å². The molecular weight excluding hydrogens is 258 g/mol. The number of carbonyl (C=O) groups is 2. The van der Waals surface area contributed by atoms with E-state index >= 15 is 0 Å². The number of rotatable bonds is 4. The summed E-state index contributed by atoms with van der Waals surface area (Å²) in [6, 6.07) is 0. The maximum Gasteiger partial charge on any atom is 1.00 e. The zero-order chi connectivity index (χ0) is 11.5. The van der Waals surface area contributed by atoms with Crippen LogP contribution in [0.5, 0.6) is 0 Å². The molecule has 0 bridgehead atoms. The van der Waals surface area contributed by atoms with Gasteiger partial charge >= 0.3 is 92.9 Å². The van der Waals surface area contributed by atoms with Crippen LogP contribution < -0.4 is 80.9 Å². The van der Waals surface area contributed by atoms with Crippen LogP contribution in [0.4, 0.5) is 0 Å². The fraction of sp³-hybridized carbons (Fsp3) is 0.818. The van der Waals surface area contributed by atoms with E-state index in [1.165, 1.54) is 0 Å². The first-order valence-electron chi connectivity index (χ1n) is 5.52. The molecule has 0 aromatic rings. The fourth-order valence-electron chi connectivity index (χ4n) is 2.63. The van der Waals surface area contributed by atoms with Crippen molar-refractivity contribution in [1.29, 1.82) is 0 Å². The number of carboxylic acids is 2. The van der Waals surface area contributed by atoms with Crippen LogP contribution in [-0.4, -0.2) is 22.2 Å². The van der Waals surface area contributed by atoms with Crippen molar-refractivity contribution >= 4 is 11.9 Å². The SMILES string of the molecule is CCC(C(=O)O)(C(=O)O)C1CCCCC1.[H-].[H-].[K+].[Na+]. The van der Waals surface area contributed by atoms with Crippen LogP contribution in [-0.2, 0) is 9.59 Å². The van der Waals surface area contributed by atoms with Gasteiger partial charge in [-0.1, -0.05) is 26.2 Å². The minimum atomic E-state index is -1.56. The Hall–Kier alpha value is 1.58. The van der Waals surface area contributed by atoms with Crippen molar-refractivity contribution in [1.82, 2.24) is 0 Å². The average molecular weight is 278 g/mol. The minimum absolute atomic E-state index is 0. The second-order valence-corrected chi connectivity index (χ2v) is 4.27. The predicted molar refractivity (Wildman–Crippen MR) is 56.8 cm³/mol. The van der Waals surface area contributed by atoms with Crippen LogP contribution >= 0.6 is 0 Å². The van der Waals surface area contributed by atoms with Crippen LogP contribution in [0.25, 0.3) is 0 Å². The summed E-state index contributed by atoms with van der Waals surface area (Å²) in [6.07, 6.45) is 4.62. The maximum absolute atomic E-state index is 11.2. The van der Waals surface area contributed by atoms with E-state index in [0.29, 0.717) is 0 Å². The van der Waals surface area contributed by atoms with E-state index < -0.39 is 17.4 Å². The summed E-state index contributed by atoms with van der Waals surface area (Å²) in [4.78, 5) is 22.4. The normalized spacial score (nSPS) is 16.5. The Morgan fingerprint density at radius 2 is 1.59 bits per heavy atom. The van der Waals surface area contributed by atoms with Gasteiger partial charge in [-0.05, 0) is 25.2 Å². The molecule has 0 radical (unpaired) electrons. The molecule has 90 valence electrons. The molecule has 1 aliphatic carbocycles. The van der Waals surface area contributed by atoms with E-state index in [9.17, 15) is 9.59 Å². The fourth-order valence-corrected chi connectivity index (χ4v) is 2.63. The number of aliphatic carboxylic acids is 2. The molecule has 1 aliphatic rings. The van der Waals surface area contributed by atoms with Crippen LogP contribution in [0.3, 0.4) is 0 Å². The molecule has 2 N–H and O–H groups in total. The third kappa shape index (κ3) is 4.56. The summed E-state index contributed by atoms with van der Waals surface area (Å²) in [5.74, 6) is -2.56. The molecule has 1 saturated carbocycles. The quantitative estimate of drug-likeness (QED) is 0.411. The molecule has 17 heavy (non-hydrogen) atoms. The molecule has 0 amide bonds. The molecule has 0 heterocycles. The maximum atomic E-state index is 11.2. The zero-order valence-corrected chi connectivity index (χ0v) is 16.2. The van der Waals surface area contributed by atoms with Crippen LogP contribution in [0.2, 0.25) is 0 Å². The van der Waals surface area contributed by atoms with E-state index in [-0.39, 0.29) is 96.1 Å². The van der Waals surface area contributed by atoms with Crippen molar-refractivity contribution in [2.75, 3.05) is 0 Å². The number of hydrogen-bond acceptors (Lipinski definition) is 2. The second kappa shape index (κ2) is 9.48. The molecule has 1 rings (SSSR count). The van der Waals surface area contributed by atoms with Gasteiger partial charge in [-0.15, -0.1) is 0 Å². The standard InChI is InChI=1S/C11H18O4.K.Na.2H/c1-2-11(9(12)13,10(14)15)8-6-4-3-5-7-8;;;;/h8H,2-7H2,1H3,(H,12,13)(H,14,15);;;;/q;2*+1;2*-1. The van der Waals surface area contributed by atoms with Crippen LogP contribution in [0, 0.1) is 11.3 Å². The Morgan fingerprint density at radius 3 is 1.88 bits per heavy atom. The third-order valence-corrected chi connectivity index (χ3v) is 3.62. The molecular formula is C11H20KNaO4. The molecule has 0 spiro atoms. The first kappa shape index (κ1) is 20.9. The van der Waals surface area contributed by atoms with Gasteiger partial charge < -0.3 is 13.1 Å². The molecule has 0 aromatic heterocycles. The van der Waals surface area contributed by atoms with Crippen molar-refractivity contribution < 1.29 is 104 Å². The second-order valence-electron chi connectivity index (χ2n) is 4.27. The molecule has 0 unspecified atom stereocenters. The molecule has 0 aliphatic heterocycles. The van der Waals surface area contributed by atoms with Crippen LogP contribution in [0.1, 0.15) is 48.3 Å². The third-order valence-electron chi connectivity index (χ3n) is 3.62. The Bertz CT molecular complexity index is 259. The van der Waals surface area contributed by atoms with E-state index in [0.717, 1.165) is 32.1 Å². The monoisotopic (exact) mass is 278 g/mol. The van der Waals surface area contributed by atoms with Gasteiger partial charge in [0.05, 0.1) is 0 Å². The Labute approximate surface area is 170 Å². The van der Waals surface area contributed by atoms with Gasteiger partial charge in [-0.25, -0.2) is 0 Å². The van der Waals surface area contributed by atoms with Gasteiger partial charge in [0.2, 0.25) is 0 Å². The van der Waals surface area contributed by atoms with Gasteiger partial charge in [-0.2, -0.15) is 0 Å². The first-order chi connectivity index (χ1) is 7.05. The van der Waals surface area contributed by atoms with Gasteiger partial charge in [-0.3, -0.25) is 9.59 Å². The molecule has 6 heteroatoms. The minimum Gasteiger partial charge on any atom is -1.00 e. The topological polar surface area (TPSA) is 74.6 Å². The Kier molecular flexibility index (Phi) is 11.6. The van der Waals surface area contributed by atoms with Crippen molar-refractivity contribution in [2.24, 2.45) is 11.3 Å². The molecule has 1 fully saturated rings. The molecule has 4 nitrogen and oxygen atoms in total. The predicted octanol–water partition coefficient (Wildman–Crippen LogP) is -3.63. The molecule has 0 atom stereocenters. The molecule has 0 saturated heterocycles. The van der Waals surface area contributed by atoms with E-state index in [4.69, 9.17) is 10.2 Å². The Morgan fingerprint density at radius 1 is 1.18 bits per heavy atom. The van der Waals surface area contributed by atoms with Gasteiger partial charge in [0, 0.05) is 0 Å². The van der Waals surface area contributed by atoms with Gasteiger partial charge in [0.25, 0.3) is 0 Å². The van der Waals surface area contributed by atoms with E-state index in [1.807, 2.05) is 0 Å². The van der Waals surface area contributed by atoms with Crippen LogP contribution in [0.15, 0.2) is 0 Å². The van der Waals surface area contributed by atoms with Crippen molar-refractivity contribution in [3.63, 3.8) is 0 Å². The van der Waals surface area contributed by atoms with E-state index in [1.54, 1.807) is 6.92 Å². The smallest absolute Gasteiger partial charge is 1.00 e. The summed E-state index contributed by atoms with van der Waals surface area (Å²) >= 11 is 0. The largest absolute Gasteiger partial charge is 1.00 e. The Balaban J connectivity index is -0.000000281. The first-order valence-corrected chi connectivity index (χ1v) is 5.52. The zero-order valence-electron chi connectivity index (χ0n) is 13.0. The van der Waals surface area contributed by atoms with Crippen molar-refractivity contribution in [3.05, 3.63) is 0 Å². The number of carboxylic acid groups (broad SMARTS) is 2. The summed E-state index contributed by atoms with van der Waals surface area (Å²) in [7, 11) is 0. The van der Waals surface area contributed by atoms with Crippen molar-refractivity contribution in [3.8, 4) is 0 Å². The number of hydrogen-bond donors (Lipinski definition) is 2. The van der Waals surface area contributed by atoms with Crippen molar-refractivity contribution in [2.45, 2.75) is 45.4 Å². The average Bonchev–Trinajstić information content (AvgIpc) is 2.20. The summed E-state index contributed by atoms with van der Waals surface area (Å²) in [5.41, 5.74) is -1.56. The molecule has 0 aromatic carbocycles. The van der Waals surface area contributed by atoms with Gasteiger partial charge in [0.1, 0.15) is 0 Å². The summed E-state index contributed by atoms with van der Waals surface area (Å²) < 4.78 is 0. The summed E-state index contributed by atoms with van der Waals surface area (Å²) in [6.45, 7) is 1.65. The van der Waals surface area contributed by atoms with Gasteiger partial charge in [0.15, 0.2) is 5.41 Å². The summed E-state index contributed by atoms with van der Waals surface area (Å²) in [5, 5.41) is 18.3.